The highest BCUT2D eigenvalue weighted by Gasteiger charge is 2.15. The largest absolute Gasteiger partial charge is 0.391 e. The Morgan fingerprint density at radius 1 is 1.43 bits per heavy atom. The first kappa shape index (κ1) is 15.1. The minimum atomic E-state index is -1.00. The van der Waals surface area contributed by atoms with Crippen molar-refractivity contribution in [1.82, 2.24) is 10.5 Å². The van der Waals surface area contributed by atoms with Crippen LogP contribution in [-0.2, 0) is 6.42 Å². The molecule has 0 saturated heterocycles. The molecular formula is C14H14F2N2O3. The minimum Gasteiger partial charge on any atom is -0.391 e. The van der Waals surface area contributed by atoms with Crippen molar-refractivity contribution in [2.24, 2.45) is 0 Å². The second-order valence-electron chi connectivity index (χ2n) is 4.64. The molecule has 1 heterocycles. The summed E-state index contributed by atoms with van der Waals surface area (Å²) in [5, 5.41) is 15.8. The van der Waals surface area contributed by atoms with E-state index in [0.717, 1.165) is 12.1 Å². The van der Waals surface area contributed by atoms with Gasteiger partial charge in [0.25, 0.3) is 5.91 Å². The molecule has 0 unspecified atom stereocenters. The molecule has 7 heteroatoms. The van der Waals surface area contributed by atoms with E-state index in [9.17, 15) is 18.7 Å². The molecule has 1 aromatic carbocycles. The Kier molecular flexibility index (Phi) is 4.64. The van der Waals surface area contributed by atoms with E-state index in [1.807, 2.05) is 0 Å². The molecule has 0 radical (unpaired) electrons. The predicted molar refractivity (Wildman–Crippen MR) is 69.6 cm³/mol. The molecule has 0 fully saturated rings. The molecule has 1 aromatic heterocycles. The maximum atomic E-state index is 13.4. The summed E-state index contributed by atoms with van der Waals surface area (Å²) in [6, 6.07) is 4.58. The van der Waals surface area contributed by atoms with Crippen LogP contribution in [0.2, 0.25) is 0 Å². The zero-order chi connectivity index (χ0) is 15.4. The third-order valence-electron chi connectivity index (χ3n) is 2.82. The van der Waals surface area contributed by atoms with Crippen molar-refractivity contribution >= 4 is 5.91 Å². The first-order valence-electron chi connectivity index (χ1n) is 6.29. The Morgan fingerprint density at radius 2 is 2.19 bits per heavy atom. The molecule has 0 aliphatic rings. The van der Waals surface area contributed by atoms with Gasteiger partial charge >= 0.3 is 0 Å². The molecule has 2 rings (SSSR count). The summed E-state index contributed by atoms with van der Waals surface area (Å²) in [5.74, 6) is -1.90. The zero-order valence-electron chi connectivity index (χ0n) is 11.3. The fourth-order valence-corrected chi connectivity index (χ4v) is 1.78. The van der Waals surface area contributed by atoms with Crippen LogP contribution in [0.1, 0.15) is 21.8 Å². The van der Waals surface area contributed by atoms with E-state index in [0.29, 0.717) is 5.69 Å². The SMILES string of the molecule is Cc1cc(C(=O)NC[C@H](O)Cc2ccc(F)cc2F)on1. The molecule has 0 saturated carbocycles. The summed E-state index contributed by atoms with van der Waals surface area (Å²) in [7, 11) is 0. The lowest BCUT2D eigenvalue weighted by molar-refractivity contribution is 0.0879. The number of nitrogens with one attached hydrogen (secondary N) is 1. The van der Waals surface area contributed by atoms with Crippen LogP contribution in [0.25, 0.3) is 0 Å². The maximum Gasteiger partial charge on any atom is 0.289 e. The number of hydrogen-bond donors (Lipinski definition) is 2. The fourth-order valence-electron chi connectivity index (χ4n) is 1.78. The number of nitrogens with zero attached hydrogens (tertiary/aromatic N) is 1. The van der Waals surface area contributed by atoms with E-state index in [1.54, 1.807) is 6.92 Å². The van der Waals surface area contributed by atoms with Crippen LogP contribution in [-0.4, -0.2) is 28.8 Å². The average molecular weight is 296 g/mol. The van der Waals surface area contributed by atoms with Crippen molar-refractivity contribution < 1.29 is 23.2 Å². The molecule has 21 heavy (non-hydrogen) atoms. The average Bonchev–Trinajstić information content (AvgIpc) is 2.86. The van der Waals surface area contributed by atoms with Gasteiger partial charge in [-0.1, -0.05) is 11.2 Å². The number of benzene rings is 1. The Balaban J connectivity index is 1.87. The van der Waals surface area contributed by atoms with Crippen molar-refractivity contribution in [3.8, 4) is 0 Å². The molecule has 5 nitrogen and oxygen atoms in total. The van der Waals surface area contributed by atoms with Gasteiger partial charge in [-0.15, -0.1) is 0 Å². The van der Waals surface area contributed by atoms with Crippen molar-refractivity contribution in [3.05, 3.63) is 52.9 Å². The number of carbonyl (C=O) groups is 1. The number of rotatable bonds is 5. The van der Waals surface area contributed by atoms with Gasteiger partial charge in [0.15, 0.2) is 0 Å². The van der Waals surface area contributed by atoms with Gasteiger partial charge in [0.05, 0.1) is 11.8 Å². The molecule has 112 valence electrons. The second kappa shape index (κ2) is 6.45. The first-order valence-corrected chi connectivity index (χ1v) is 6.29. The van der Waals surface area contributed by atoms with Gasteiger partial charge in [0, 0.05) is 25.1 Å². The smallest absolute Gasteiger partial charge is 0.289 e. The number of aliphatic hydroxyl groups excluding tert-OH is 1. The van der Waals surface area contributed by atoms with Crippen LogP contribution in [0.3, 0.4) is 0 Å². The lowest BCUT2D eigenvalue weighted by atomic mass is 10.1. The number of amides is 1. The van der Waals surface area contributed by atoms with Crippen LogP contribution in [0.4, 0.5) is 8.78 Å². The monoisotopic (exact) mass is 296 g/mol. The van der Waals surface area contributed by atoms with E-state index in [1.165, 1.54) is 12.1 Å². The van der Waals surface area contributed by atoms with E-state index in [-0.39, 0.29) is 24.3 Å². The molecule has 0 spiro atoms. The third kappa shape index (κ3) is 4.09. The van der Waals surface area contributed by atoms with Crippen LogP contribution in [0.5, 0.6) is 0 Å². The number of aliphatic hydroxyl groups is 1. The topological polar surface area (TPSA) is 75.4 Å². The Labute approximate surface area is 119 Å². The van der Waals surface area contributed by atoms with Gasteiger partial charge < -0.3 is 14.9 Å². The van der Waals surface area contributed by atoms with Crippen molar-refractivity contribution in [2.75, 3.05) is 6.54 Å². The highest BCUT2D eigenvalue weighted by molar-refractivity contribution is 5.91. The summed E-state index contributed by atoms with van der Waals surface area (Å²) in [4.78, 5) is 11.6. The van der Waals surface area contributed by atoms with Crippen molar-refractivity contribution in [2.45, 2.75) is 19.4 Å². The van der Waals surface area contributed by atoms with E-state index in [4.69, 9.17) is 4.52 Å². The summed E-state index contributed by atoms with van der Waals surface area (Å²) < 4.78 is 30.9. The normalized spacial score (nSPS) is 12.2. The summed E-state index contributed by atoms with van der Waals surface area (Å²) >= 11 is 0. The van der Waals surface area contributed by atoms with Gasteiger partial charge in [-0.05, 0) is 18.6 Å². The van der Waals surface area contributed by atoms with Gasteiger partial charge in [0.1, 0.15) is 11.6 Å². The second-order valence-corrected chi connectivity index (χ2v) is 4.64. The number of carbonyl (C=O) groups excluding carboxylic acids is 1. The number of aryl methyl sites for hydroxylation is 1. The van der Waals surface area contributed by atoms with E-state index < -0.39 is 23.6 Å². The lowest BCUT2D eigenvalue weighted by Gasteiger charge is -2.11. The van der Waals surface area contributed by atoms with Crippen molar-refractivity contribution in [3.63, 3.8) is 0 Å². The van der Waals surface area contributed by atoms with Crippen LogP contribution in [0.15, 0.2) is 28.8 Å². The standard InChI is InChI=1S/C14H14F2N2O3/c1-8-4-13(21-18-8)14(20)17-7-11(19)5-9-2-3-10(15)6-12(9)16/h2-4,6,11,19H,5,7H2,1H3,(H,17,20)/t11-/m1/s1. The third-order valence-corrected chi connectivity index (χ3v) is 2.82. The van der Waals surface area contributed by atoms with E-state index >= 15 is 0 Å². The Morgan fingerprint density at radius 3 is 2.81 bits per heavy atom. The molecule has 1 atom stereocenters. The van der Waals surface area contributed by atoms with Gasteiger partial charge in [-0.2, -0.15) is 0 Å². The zero-order valence-corrected chi connectivity index (χ0v) is 11.3. The molecule has 2 aromatic rings. The molecule has 0 bridgehead atoms. The molecular weight excluding hydrogens is 282 g/mol. The van der Waals surface area contributed by atoms with Crippen LogP contribution < -0.4 is 5.32 Å². The molecule has 2 N–H and O–H groups in total. The highest BCUT2D eigenvalue weighted by atomic mass is 19.1. The number of aromatic nitrogens is 1. The minimum absolute atomic E-state index is 0.0349. The van der Waals surface area contributed by atoms with Crippen LogP contribution in [0, 0.1) is 18.6 Å². The molecule has 1 amide bonds. The number of hydrogen-bond acceptors (Lipinski definition) is 4. The fraction of sp³-hybridized carbons (Fsp3) is 0.286. The molecule has 0 aliphatic carbocycles. The predicted octanol–water partition coefficient (Wildman–Crippen LogP) is 1.59. The van der Waals surface area contributed by atoms with Crippen molar-refractivity contribution in [1.29, 1.82) is 0 Å². The van der Waals surface area contributed by atoms with E-state index in [2.05, 4.69) is 10.5 Å². The van der Waals surface area contributed by atoms with Gasteiger partial charge in [0.2, 0.25) is 5.76 Å². The summed E-state index contributed by atoms with van der Waals surface area (Å²) in [6.45, 7) is 1.59. The quantitative estimate of drug-likeness (QED) is 0.878. The highest BCUT2D eigenvalue weighted by Crippen LogP contribution is 2.11. The van der Waals surface area contributed by atoms with Gasteiger partial charge in [-0.3, -0.25) is 4.79 Å². The Hall–Kier alpha value is -2.28. The lowest BCUT2D eigenvalue weighted by Crippen LogP contribution is -2.33. The maximum absolute atomic E-state index is 13.4. The molecule has 0 aliphatic heterocycles. The summed E-state index contributed by atoms with van der Waals surface area (Å²) in [5.41, 5.74) is 0.739. The summed E-state index contributed by atoms with van der Waals surface area (Å²) in [6.07, 6.45) is -1.04. The van der Waals surface area contributed by atoms with Crippen LogP contribution >= 0.6 is 0 Å². The first-order chi connectivity index (χ1) is 9.95. The Bertz CT molecular complexity index is 643. The van der Waals surface area contributed by atoms with Gasteiger partial charge in [-0.25, -0.2) is 8.78 Å². The number of halogens is 2.